The number of carbonyl (C=O) groups excluding carboxylic acids is 1. The number of amides is 1. The van der Waals surface area contributed by atoms with E-state index in [4.69, 9.17) is 16.3 Å². The number of benzene rings is 2. The van der Waals surface area contributed by atoms with Crippen molar-refractivity contribution in [2.75, 3.05) is 5.32 Å². The molecule has 4 rings (SSSR count). The largest absolute Gasteiger partial charge is 0.438 e. The lowest BCUT2D eigenvalue weighted by molar-refractivity contribution is 0.102. The molecule has 10 heteroatoms. The highest BCUT2D eigenvalue weighted by atomic mass is 35.5. The van der Waals surface area contributed by atoms with Gasteiger partial charge in [-0.2, -0.15) is 9.94 Å². The number of halogens is 1. The van der Waals surface area contributed by atoms with Crippen molar-refractivity contribution in [3.8, 4) is 23.4 Å². The summed E-state index contributed by atoms with van der Waals surface area (Å²) in [6, 6.07) is 15.3. The van der Waals surface area contributed by atoms with E-state index in [0.717, 1.165) is 5.56 Å². The molecule has 0 spiro atoms. The SMILES string of the molecule is Cc1cc(Oc2ncccc2C#N)ccc1NC(=O)c1cc(Cl)ccc1-n1cnnn1. The molecule has 2 aromatic carbocycles. The molecular weight excluding hydrogens is 418 g/mol. The Kier molecular flexibility index (Phi) is 5.55. The molecular formula is C21H14ClN7O2. The summed E-state index contributed by atoms with van der Waals surface area (Å²) >= 11 is 6.09. The van der Waals surface area contributed by atoms with Gasteiger partial charge in [-0.05, 0) is 71.4 Å². The third kappa shape index (κ3) is 4.34. The molecule has 0 saturated heterocycles. The van der Waals surface area contributed by atoms with Crippen molar-refractivity contribution in [3.05, 3.63) is 82.8 Å². The van der Waals surface area contributed by atoms with E-state index in [1.54, 1.807) is 54.7 Å². The molecule has 4 aromatic rings. The maximum absolute atomic E-state index is 13.0. The van der Waals surface area contributed by atoms with Crippen molar-refractivity contribution in [2.24, 2.45) is 0 Å². The number of pyridine rings is 1. The first-order valence-electron chi connectivity index (χ1n) is 9.03. The summed E-state index contributed by atoms with van der Waals surface area (Å²) in [6.45, 7) is 1.83. The second-order valence-electron chi connectivity index (χ2n) is 6.42. The number of nitriles is 1. The lowest BCUT2D eigenvalue weighted by Gasteiger charge is -2.13. The van der Waals surface area contributed by atoms with Gasteiger partial charge >= 0.3 is 0 Å². The highest BCUT2D eigenvalue weighted by molar-refractivity contribution is 6.31. The molecule has 1 amide bonds. The van der Waals surface area contributed by atoms with Gasteiger partial charge in [-0.1, -0.05) is 11.6 Å². The minimum atomic E-state index is -0.374. The molecule has 0 saturated carbocycles. The number of rotatable bonds is 5. The lowest BCUT2D eigenvalue weighted by Crippen LogP contribution is -2.16. The number of carbonyl (C=O) groups is 1. The van der Waals surface area contributed by atoms with Crippen molar-refractivity contribution in [1.29, 1.82) is 5.26 Å². The monoisotopic (exact) mass is 431 g/mol. The first-order chi connectivity index (χ1) is 15.0. The van der Waals surface area contributed by atoms with E-state index in [1.165, 1.54) is 11.0 Å². The van der Waals surface area contributed by atoms with Crippen LogP contribution in [0.2, 0.25) is 5.02 Å². The average molecular weight is 432 g/mol. The zero-order valence-corrected chi connectivity index (χ0v) is 16.9. The highest BCUT2D eigenvalue weighted by Crippen LogP contribution is 2.28. The molecule has 31 heavy (non-hydrogen) atoms. The van der Waals surface area contributed by atoms with Crippen LogP contribution in [0.3, 0.4) is 0 Å². The third-order valence-corrected chi connectivity index (χ3v) is 4.59. The summed E-state index contributed by atoms with van der Waals surface area (Å²) in [7, 11) is 0. The summed E-state index contributed by atoms with van der Waals surface area (Å²) in [5.74, 6) is 0.329. The van der Waals surface area contributed by atoms with Crippen molar-refractivity contribution < 1.29 is 9.53 Å². The maximum atomic E-state index is 13.0. The van der Waals surface area contributed by atoms with Crippen LogP contribution in [-0.2, 0) is 0 Å². The fraction of sp³-hybridized carbons (Fsp3) is 0.0476. The Bertz CT molecular complexity index is 1300. The van der Waals surface area contributed by atoms with E-state index in [1.807, 2.05) is 13.0 Å². The van der Waals surface area contributed by atoms with Crippen LogP contribution in [0, 0.1) is 18.3 Å². The number of nitrogens with one attached hydrogen (secondary N) is 1. The Balaban J connectivity index is 1.58. The van der Waals surface area contributed by atoms with Gasteiger partial charge in [0.15, 0.2) is 0 Å². The topological polar surface area (TPSA) is 119 Å². The van der Waals surface area contributed by atoms with Gasteiger partial charge in [-0.25, -0.2) is 4.98 Å². The minimum Gasteiger partial charge on any atom is -0.438 e. The van der Waals surface area contributed by atoms with Gasteiger partial charge in [0, 0.05) is 16.9 Å². The van der Waals surface area contributed by atoms with E-state index in [9.17, 15) is 10.1 Å². The fourth-order valence-corrected chi connectivity index (χ4v) is 3.03. The normalized spacial score (nSPS) is 10.4. The standard InChI is InChI=1S/C21H14ClN7O2/c1-13-9-16(31-21-14(11-23)3-2-8-24-21)5-6-18(13)26-20(30)17-10-15(22)4-7-19(17)29-12-25-27-28-29/h2-10,12H,1H3,(H,26,30). The molecule has 9 nitrogen and oxygen atoms in total. The molecule has 0 aliphatic rings. The van der Waals surface area contributed by atoms with Crippen LogP contribution in [0.4, 0.5) is 5.69 Å². The van der Waals surface area contributed by atoms with Gasteiger partial charge in [0.25, 0.3) is 5.91 Å². The first kappa shape index (κ1) is 20.0. The number of ether oxygens (including phenoxy) is 1. The second kappa shape index (κ2) is 8.61. The predicted octanol–water partition coefficient (Wildman–Crippen LogP) is 3.94. The minimum absolute atomic E-state index is 0.214. The number of hydrogen-bond donors (Lipinski definition) is 1. The van der Waals surface area contributed by atoms with Crippen molar-refractivity contribution in [1.82, 2.24) is 25.2 Å². The third-order valence-electron chi connectivity index (χ3n) is 4.35. The number of anilines is 1. The Morgan fingerprint density at radius 3 is 2.84 bits per heavy atom. The Labute approximate surface area is 181 Å². The summed E-state index contributed by atoms with van der Waals surface area (Å²) in [4.78, 5) is 17.0. The van der Waals surface area contributed by atoms with Gasteiger partial charge in [-0.15, -0.1) is 5.10 Å². The molecule has 0 fully saturated rings. The van der Waals surface area contributed by atoms with Crippen LogP contribution < -0.4 is 10.1 Å². The Morgan fingerprint density at radius 1 is 1.23 bits per heavy atom. The zero-order chi connectivity index (χ0) is 21.8. The van der Waals surface area contributed by atoms with Gasteiger partial charge in [0.05, 0.1) is 11.3 Å². The zero-order valence-electron chi connectivity index (χ0n) is 16.2. The summed E-state index contributed by atoms with van der Waals surface area (Å²) < 4.78 is 7.10. The van der Waals surface area contributed by atoms with Gasteiger partial charge in [-0.3, -0.25) is 4.79 Å². The van der Waals surface area contributed by atoms with Crippen LogP contribution in [0.15, 0.2) is 61.1 Å². The van der Waals surface area contributed by atoms with Crippen LogP contribution in [0.1, 0.15) is 21.5 Å². The number of tetrazole rings is 1. The summed E-state index contributed by atoms with van der Waals surface area (Å²) in [5.41, 5.74) is 2.47. The molecule has 1 N–H and O–H groups in total. The van der Waals surface area contributed by atoms with Crippen LogP contribution >= 0.6 is 11.6 Å². The van der Waals surface area contributed by atoms with Crippen molar-refractivity contribution >= 4 is 23.2 Å². The quantitative estimate of drug-likeness (QED) is 0.508. The smallest absolute Gasteiger partial charge is 0.257 e. The summed E-state index contributed by atoms with van der Waals surface area (Å²) in [6.07, 6.45) is 2.94. The van der Waals surface area contributed by atoms with Crippen molar-refractivity contribution in [2.45, 2.75) is 6.92 Å². The number of aryl methyl sites for hydroxylation is 1. The Morgan fingerprint density at radius 2 is 2.10 bits per heavy atom. The van der Waals surface area contributed by atoms with Gasteiger partial charge < -0.3 is 10.1 Å². The van der Waals surface area contributed by atoms with E-state index >= 15 is 0 Å². The Hall–Kier alpha value is -4.29. The molecule has 0 unspecified atom stereocenters. The van der Waals surface area contributed by atoms with Gasteiger partial charge in [0.2, 0.25) is 5.88 Å². The van der Waals surface area contributed by atoms with Gasteiger partial charge in [0.1, 0.15) is 23.7 Å². The van der Waals surface area contributed by atoms with Crippen LogP contribution in [-0.4, -0.2) is 31.1 Å². The molecule has 0 aliphatic carbocycles. The predicted molar refractivity (Wildman–Crippen MR) is 112 cm³/mol. The molecule has 0 atom stereocenters. The average Bonchev–Trinajstić information content (AvgIpc) is 3.30. The van der Waals surface area contributed by atoms with E-state index in [0.29, 0.717) is 33.3 Å². The maximum Gasteiger partial charge on any atom is 0.257 e. The second-order valence-corrected chi connectivity index (χ2v) is 6.85. The van der Waals surface area contributed by atoms with E-state index < -0.39 is 0 Å². The molecule has 0 aliphatic heterocycles. The molecule has 0 bridgehead atoms. The van der Waals surface area contributed by atoms with E-state index in [-0.39, 0.29) is 11.8 Å². The highest BCUT2D eigenvalue weighted by Gasteiger charge is 2.16. The molecule has 2 heterocycles. The van der Waals surface area contributed by atoms with E-state index in [2.05, 4.69) is 25.8 Å². The number of aromatic nitrogens is 5. The first-order valence-corrected chi connectivity index (χ1v) is 9.41. The number of hydrogen-bond acceptors (Lipinski definition) is 7. The molecule has 2 aromatic heterocycles. The molecule has 152 valence electrons. The molecule has 0 radical (unpaired) electrons. The lowest BCUT2D eigenvalue weighted by atomic mass is 10.1. The summed E-state index contributed by atoms with van der Waals surface area (Å²) in [5, 5.41) is 23.5. The van der Waals surface area contributed by atoms with Crippen LogP contribution in [0.25, 0.3) is 5.69 Å². The van der Waals surface area contributed by atoms with Crippen molar-refractivity contribution in [3.63, 3.8) is 0 Å². The van der Waals surface area contributed by atoms with Crippen LogP contribution in [0.5, 0.6) is 11.6 Å². The fourth-order valence-electron chi connectivity index (χ4n) is 2.86. The number of nitrogens with zero attached hydrogens (tertiary/aromatic N) is 6.